The van der Waals surface area contributed by atoms with E-state index in [1.165, 1.54) is 12.8 Å². The van der Waals surface area contributed by atoms with E-state index in [4.69, 9.17) is 4.74 Å². The van der Waals surface area contributed by atoms with Crippen molar-refractivity contribution in [2.45, 2.75) is 100 Å². The molecule has 6 aliphatic carbocycles. The molecule has 0 radical (unpaired) electrons. The first kappa shape index (κ1) is 22.4. The van der Waals surface area contributed by atoms with Crippen LogP contribution in [0.2, 0.25) is 0 Å². The number of anilines is 1. The van der Waals surface area contributed by atoms with Crippen LogP contribution in [0.4, 0.5) is 5.69 Å². The average molecular weight is 492 g/mol. The number of morpholine rings is 1. The van der Waals surface area contributed by atoms with Crippen LogP contribution in [0.1, 0.15) is 89.9 Å². The highest BCUT2D eigenvalue weighted by Gasteiger charge is 2.64. The first-order valence-electron chi connectivity index (χ1n) is 15.4. The molecule has 0 aromatic heterocycles. The molecule has 8 rings (SSSR count). The molecule has 7 aliphatic rings. The molecule has 6 bridgehead atoms. The SMILES string of the molecule is c1ccc(P(C23CC4CCCC(C2)C(C4)C3)C23CC4CCCC(C2)C(C4)C3)c(N2CCOCC2)c1. The second-order valence-corrected chi connectivity index (χ2v) is 17.3. The van der Waals surface area contributed by atoms with Crippen molar-refractivity contribution < 1.29 is 4.74 Å². The van der Waals surface area contributed by atoms with Crippen molar-refractivity contribution >= 4 is 18.9 Å². The molecule has 1 saturated heterocycles. The Kier molecular flexibility index (Phi) is 5.41. The monoisotopic (exact) mass is 491 g/mol. The van der Waals surface area contributed by atoms with Crippen molar-refractivity contribution in [3.63, 3.8) is 0 Å². The number of hydrogen-bond acceptors (Lipinski definition) is 2. The molecule has 0 N–H and O–H groups in total. The number of fused-ring (bicyclic) bond motifs is 4. The number of rotatable bonds is 4. The molecule has 8 atom stereocenters. The van der Waals surface area contributed by atoms with Crippen LogP contribution in [-0.4, -0.2) is 36.6 Å². The minimum absolute atomic E-state index is 0.156. The van der Waals surface area contributed by atoms with Crippen LogP contribution in [0.15, 0.2) is 24.3 Å². The minimum atomic E-state index is -0.156. The van der Waals surface area contributed by atoms with Gasteiger partial charge in [-0.1, -0.05) is 64.6 Å². The smallest absolute Gasteiger partial charge is 0.0642 e. The summed E-state index contributed by atoms with van der Waals surface area (Å²) in [6.07, 6.45) is 22.0. The predicted octanol–water partition coefficient (Wildman–Crippen LogP) is 7.35. The number of benzene rings is 1. The van der Waals surface area contributed by atoms with Gasteiger partial charge in [0.25, 0.3) is 0 Å². The van der Waals surface area contributed by atoms with Gasteiger partial charge in [0, 0.05) is 24.1 Å². The van der Waals surface area contributed by atoms with E-state index in [0.717, 1.165) is 61.8 Å². The second kappa shape index (κ2) is 8.46. The van der Waals surface area contributed by atoms with Crippen molar-refractivity contribution in [2.75, 3.05) is 31.2 Å². The third-order valence-electron chi connectivity index (χ3n) is 12.3. The van der Waals surface area contributed by atoms with E-state index >= 15 is 0 Å². The van der Waals surface area contributed by atoms with Crippen LogP contribution < -0.4 is 10.2 Å². The quantitative estimate of drug-likeness (QED) is 0.408. The van der Waals surface area contributed by atoms with Crippen molar-refractivity contribution in [3.8, 4) is 0 Å². The van der Waals surface area contributed by atoms with Crippen LogP contribution in [0.3, 0.4) is 0 Å². The van der Waals surface area contributed by atoms with E-state index in [-0.39, 0.29) is 7.92 Å². The Hall–Kier alpha value is -0.590. The standard InChI is InChI=1S/C32H46NOP/c1-2-10-30(29(9-1)33-11-13-34-14-12-33)35(31-17-23-5-3-7-25(19-31)27(15-23)21-31)32-18-24-6-4-8-26(20-32)28(16-24)22-32/h1-2,9-10,23-28H,3-8,11-22H2. The molecule has 190 valence electrons. The van der Waals surface area contributed by atoms with Gasteiger partial charge in [0.2, 0.25) is 0 Å². The normalized spacial score (nSPS) is 47.0. The van der Waals surface area contributed by atoms with Crippen molar-refractivity contribution in [2.24, 2.45) is 35.5 Å². The summed E-state index contributed by atoms with van der Waals surface area (Å²) in [5.41, 5.74) is 1.63. The summed E-state index contributed by atoms with van der Waals surface area (Å²) in [5, 5.41) is 3.15. The topological polar surface area (TPSA) is 12.5 Å². The van der Waals surface area contributed by atoms with Gasteiger partial charge in [0.05, 0.1) is 13.2 Å². The Labute approximate surface area is 214 Å². The zero-order valence-electron chi connectivity index (χ0n) is 21.8. The molecule has 1 aromatic rings. The number of para-hydroxylation sites is 1. The van der Waals surface area contributed by atoms with Gasteiger partial charge in [-0.25, -0.2) is 0 Å². The molecule has 2 nitrogen and oxygen atoms in total. The Morgan fingerprint density at radius 3 is 1.89 bits per heavy atom. The summed E-state index contributed by atoms with van der Waals surface area (Å²) in [4.78, 5) is 2.73. The Bertz CT molecular complexity index is 905. The fraction of sp³-hybridized carbons (Fsp3) is 0.812. The zero-order valence-corrected chi connectivity index (χ0v) is 22.7. The summed E-state index contributed by atoms with van der Waals surface area (Å²) in [6, 6.07) is 9.95. The Morgan fingerprint density at radius 1 is 0.686 bits per heavy atom. The molecule has 6 saturated carbocycles. The fourth-order valence-corrected chi connectivity index (χ4v) is 16.8. The molecule has 1 heterocycles. The zero-order chi connectivity index (χ0) is 23.0. The molecule has 7 fully saturated rings. The van der Waals surface area contributed by atoms with E-state index in [1.807, 2.05) is 5.30 Å². The van der Waals surface area contributed by atoms with E-state index < -0.39 is 0 Å². The molecular weight excluding hydrogens is 445 g/mol. The summed E-state index contributed by atoms with van der Waals surface area (Å²) in [7, 11) is -0.156. The highest BCUT2D eigenvalue weighted by molar-refractivity contribution is 7.69. The Balaban J connectivity index is 1.28. The molecule has 1 aliphatic heterocycles. The summed E-state index contributed by atoms with van der Waals surface area (Å²) < 4.78 is 5.81. The van der Waals surface area contributed by atoms with Gasteiger partial charge in [0.1, 0.15) is 0 Å². The molecule has 0 amide bonds. The van der Waals surface area contributed by atoms with Gasteiger partial charge in [0.15, 0.2) is 0 Å². The minimum Gasteiger partial charge on any atom is -0.378 e. The molecule has 0 spiro atoms. The molecular formula is C32H46NOP. The second-order valence-electron chi connectivity index (χ2n) is 14.2. The summed E-state index contributed by atoms with van der Waals surface area (Å²) in [6.45, 7) is 3.98. The van der Waals surface area contributed by atoms with Gasteiger partial charge in [-0.15, -0.1) is 0 Å². The van der Waals surface area contributed by atoms with Gasteiger partial charge in [-0.3, -0.25) is 0 Å². The fourth-order valence-electron chi connectivity index (χ4n) is 11.5. The maximum absolute atomic E-state index is 5.81. The third-order valence-corrected chi connectivity index (χ3v) is 16.2. The number of ether oxygens (including phenoxy) is 1. The number of nitrogens with zero attached hydrogens (tertiary/aromatic N) is 1. The highest BCUT2D eigenvalue weighted by Crippen LogP contribution is 2.79. The average Bonchev–Trinajstić information content (AvgIpc) is 3.14. The van der Waals surface area contributed by atoms with Crippen LogP contribution in [0, 0.1) is 35.5 Å². The maximum Gasteiger partial charge on any atom is 0.0642 e. The lowest BCUT2D eigenvalue weighted by atomic mass is 9.78. The number of hydrogen-bond donors (Lipinski definition) is 0. The predicted molar refractivity (Wildman–Crippen MR) is 147 cm³/mol. The van der Waals surface area contributed by atoms with Crippen molar-refractivity contribution in [3.05, 3.63) is 24.3 Å². The molecule has 1 aromatic carbocycles. The first-order chi connectivity index (χ1) is 17.2. The Morgan fingerprint density at radius 2 is 1.26 bits per heavy atom. The van der Waals surface area contributed by atoms with E-state index in [9.17, 15) is 0 Å². The van der Waals surface area contributed by atoms with Crippen LogP contribution in [-0.2, 0) is 4.74 Å². The molecule has 8 unspecified atom stereocenters. The summed E-state index contributed by atoms with van der Waals surface area (Å²) in [5.74, 6) is 6.32. The summed E-state index contributed by atoms with van der Waals surface area (Å²) >= 11 is 0. The largest absolute Gasteiger partial charge is 0.378 e. The lowest BCUT2D eigenvalue weighted by Gasteiger charge is -2.55. The molecule has 35 heavy (non-hydrogen) atoms. The van der Waals surface area contributed by atoms with Gasteiger partial charge < -0.3 is 9.64 Å². The van der Waals surface area contributed by atoms with Crippen LogP contribution in [0.25, 0.3) is 0 Å². The van der Waals surface area contributed by atoms with Crippen molar-refractivity contribution in [1.82, 2.24) is 0 Å². The van der Waals surface area contributed by atoms with E-state index in [2.05, 4.69) is 29.2 Å². The van der Waals surface area contributed by atoms with Gasteiger partial charge in [-0.2, -0.15) is 0 Å². The lowest BCUT2D eigenvalue weighted by molar-refractivity contribution is 0.123. The van der Waals surface area contributed by atoms with Crippen molar-refractivity contribution in [1.29, 1.82) is 0 Å². The maximum atomic E-state index is 5.81. The molecule has 3 heteroatoms. The highest BCUT2D eigenvalue weighted by atomic mass is 31.1. The van der Waals surface area contributed by atoms with E-state index in [0.29, 0.717) is 10.3 Å². The third kappa shape index (κ3) is 3.55. The van der Waals surface area contributed by atoms with E-state index in [1.54, 1.807) is 82.7 Å². The van der Waals surface area contributed by atoms with Gasteiger partial charge in [-0.05, 0) is 103 Å². The van der Waals surface area contributed by atoms with Crippen LogP contribution in [0.5, 0.6) is 0 Å². The van der Waals surface area contributed by atoms with Gasteiger partial charge >= 0.3 is 0 Å². The lowest BCUT2D eigenvalue weighted by Crippen LogP contribution is -2.46. The first-order valence-corrected chi connectivity index (χ1v) is 16.8. The van der Waals surface area contributed by atoms with Crippen LogP contribution >= 0.6 is 7.92 Å².